The van der Waals surface area contributed by atoms with Crippen molar-refractivity contribution in [2.24, 2.45) is 0 Å². The summed E-state index contributed by atoms with van der Waals surface area (Å²) in [6.07, 6.45) is 0. The van der Waals surface area contributed by atoms with Gasteiger partial charge >= 0.3 is 5.97 Å². The molecule has 2 aromatic carbocycles. The smallest absolute Gasteiger partial charge is 0.355 e. The predicted molar refractivity (Wildman–Crippen MR) is 120 cm³/mol. The lowest BCUT2D eigenvalue weighted by Crippen LogP contribution is -2.36. The fourth-order valence-corrected chi connectivity index (χ4v) is 3.75. The second-order valence-electron chi connectivity index (χ2n) is 7.53. The molecule has 0 saturated heterocycles. The number of carbonyl (C=O) groups excluding carboxylic acids is 2. The quantitative estimate of drug-likeness (QED) is 0.550. The van der Waals surface area contributed by atoms with Crippen LogP contribution in [0.25, 0.3) is 11.1 Å². The Balaban J connectivity index is 1.92. The molecule has 0 fully saturated rings. The Morgan fingerprint density at radius 1 is 1.00 bits per heavy atom. The molecule has 5 heteroatoms. The van der Waals surface area contributed by atoms with Gasteiger partial charge < -0.3 is 14.6 Å². The van der Waals surface area contributed by atoms with Gasteiger partial charge in [-0.2, -0.15) is 0 Å². The van der Waals surface area contributed by atoms with Gasteiger partial charge in [0.05, 0.1) is 6.61 Å². The summed E-state index contributed by atoms with van der Waals surface area (Å²) in [4.78, 5) is 30.3. The maximum atomic E-state index is 13.2. The highest BCUT2D eigenvalue weighted by Crippen LogP contribution is 2.30. The molecule has 1 aromatic heterocycles. The number of aryl methyl sites for hydroxylation is 1. The van der Waals surface area contributed by atoms with Gasteiger partial charge in [-0.05, 0) is 70.0 Å². The van der Waals surface area contributed by atoms with E-state index in [1.807, 2.05) is 82.3 Å². The van der Waals surface area contributed by atoms with Gasteiger partial charge in [0.15, 0.2) is 0 Å². The van der Waals surface area contributed by atoms with Crippen LogP contribution in [0.15, 0.2) is 54.6 Å². The predicted octanol–water partition coefficient (Wildman–Crippen LogP) is 5.53. The molecule has 1 amide bonds. The average Bonchev–Trinajstić information content (AvgIpc) is 3.03. The third-order valence-corrected chi connectivity index (χ3v) is 5.11. The van der Waals surface area contributed by atoms with Crippen molar-refractivity contribution in [1.29, 1.82) is 0 Å². The van der Waals surface area contributed by atoms with Crippen molar-refractivity contribution in [3.63, 3.8) is 0 Å². The first-order valence-electron chi connectivity index (χ1n) is 10.2. The van der Waals surface area contributed by atoms with Crippen molar-refractivity contribution in [2.75, 3.05) is 11.5 Å². The second-order valence-corrected chi connectivity index (χ2v) is 7.53. The molecule has 0 spiro atoms. The molecular formula is C25H28N2O3. The zero-order valence-electron chi connectivity index (χ0n) is 18.2. The van der Waals surface area contributed by atoms with Crippen molar-refractivity contribution < 1.29 is 14.3 Å². The fourth-order valence-electron chi connectivity index (χ4n) is 3.75. The van der Waals surface area contributed by atoms with E-state index in [0.717, 1.165) is 28.1 Å². The van der Waals surface area contributed by atoms with E-state index in [-0.39, 0.29) is 17.9 Å². The van der Waals surface area contributed by atoms with E-state index in [2.05, 4.69) is 4.98 Å². The Morgan fingerprint density at radius 3 is 2.20 bits per heavy atom. The largest absolute Gasteiger partial charge is 0.461 e. The van der Waals surface area contributed by atoms with Gasteiger partial charge in [0.25, 0.3) is 5.91 Å². The normalized spacial score (nSPS) is 10.9. The number of nitrogens with one attached hydrogen (secondary N) is 1. The lowest BCUT2D eigenvalue weighted by Gasteiger charge is -2.27. The van der Waals surface area contributed by atoms with Crippen LogP contribution in [0.3, 0.4) is 0 Å². The monoisotopic (exact) mass is 404 g/mol. The van der Waals surface area contributed by atoms with Crippen LogP contribution in [-0.4, -0.2) is 29.5 Å². The van der Waals surface area contributed by atoms with Crippen LogP contribution in [0.1, 0.15) is 52.9 Å². The number of aromatic amines is 1. The maximum absolute atomic E-state index is 13.2. The molecule has 0 aliphatic carbocycles. The molecule has 0 atom stereocenters. The highest BCUT2D eigenvalue weighted by atomic mass is 16.5. The van der Waals surface area contributed by atoms with Crippen molar-refractivity contribution in [3.8, 4) is 11.1 Å². The first-order chi connectivity index (χ1) is 14.3. The SMILES string of the molecule is CCOC(=O)c1[nH]c(C)c(-c2ccc(C(=O)N(c3ccccc3)C(C)C)cc2)c1C. The summed E-state index contributed by atoms with van der Waals surface area (Å²) in [5, 5.41) is 0. The Labute approximate surface area is 177 Å². The van der Waals surface area contributed by atoms with E-state index in [9.17, 15) is 9.59 Å². The van der Waals surface area contributed by atoms with Gasteiger partial charge in [-0.1, -0.05) is 30.3 Å². The third-order valence-electron chi connectivity index (χ3n) is 5.11. The molecule has 3 aromatic rings. The number of aromatic nitrogens is 1. The summed E-state index contributed by atoms with van der Waals surface area (Å²) < 4.78 is 5.13. The molecule has 0 saturated carbocycles. The number of hydrogen-bond donors (Lipinski definition) is 1. The summed E-state index contributed by atoms with van der Waals surface area (Å²) in [6.45, 7) is 9.96. The van der Waals surface area contributed by atoms with Crippen LogP contribution in [0.2, 0.25) is 0 Å². The van der Waals surface area contributed by atoms with Gasteiger partial charge in [-0.3, -0.25) is 4.79 Å². The summed E-state index contributed by atoms with van der Waals surface area (Å²) in [5.41, 5.74) is 5.61. The van der Waals surface area contributed by atoms with E-state index in [1.165, 1.54) is 0 Å². The van der Waals surface area contributed by atoms with Gasteiger partial charge in [-0.15, -0.1) is 0 Å². The van der Waals surface area contributed by atoms with Gasteiger partial charge in [0.1, 0.15) is 5.69 Å². The van der Waals surface area contributed by atoms with Crippen LogP contribution in [0.5, 0.6) is 0 Å². The average molecular weight is 405 g/mol. The minimum Gasteiger partial charge on any atom is -0.461 e. The zero-order valence-corrected chi connectivity index (χ0v) is 18.2. The molecule has 0 radical (unpaired) electrons. The molecule has 0 unspecified atom stereocenters. The molecule has 156 valence electrons. The maximum Gasteiger partial charge on any atom is 0.355 e. The van der Waals surface area contributed by atoms with E-state index in [4.69, 9.17) is 4.74 Å². The lowest BCUT2D eigenvalue weighted by atomic mass is 9.99. The Morgan fingerprint density at radius 2 is 1.63 bits per heavy atom. The molecule has 30 heavy (non-hydrogen) atoms. The molecule has 5 nitrogen and oxygen atoms in total. The number of anilines is 1. The van der Waals surface area contributed by atoms with E-state index < -0.39 is 0 Å². The Hall–Kier alpha value is -3.34. The molecule has 1 heterocycles. The number of hydrogen-bond acceptors (Lipinski definition) is 3. The van der Waals surface area contributed by atoms with Gasteiger partial charge in [0, 0.05) is 28.6 Å². The van der Waals surface area contributed by atoms with Crippen molar-refractivity contribution >= 4 is 17.6 Å². The van der Waals surface area contributed by atoms with Crippen LogP contribution in [0.4, 0.5) is 5.69 Å². The first-order valence-corrected chi connectivity index (χ1v) is 10.2. The number of para-hydroxylation sites is 1. The standard InChI is InChI=1S/C25H28N2O3/c1-6-30-25(29)23-17(4)22(18(5)26-23)19-12-14-20(15-13-19)24(28)27(16(2)3)21-10-8-7-9-11-21/h7-16,26H,6H2,1-5H3. The first kappa shape index (κ1) is 21.4. The van der Waals surface area contributed by atoms with Crippen LogP contribution in [0, 0.1) is 13.8 Å². The molecule has 3 rings (SSSR count). The number of carbonyl (C=O) groups is 2. The van der Waals surface area contributed by atoms with Crippen LogP contribution >= 0.6 is 0 Å². The van der Waals surface area contributed by atoms with E-state index >= 15 is 0 Å². The number of esters is 1. The Kier molecular flexibility index (Phi) is 6.40. The summed E-state index contributed by atoms with van der Waals surface area (Å²) in [6, 6.07) is 17.2. The van der Waals surface area contributed by atoms with Crippen molar-refractivity contribution in [3.05, 3.63) is 77.1 Å². The second kappa shape index (κ2) is 8.99. The van der Waals surface area contributed by atoms with E-state index in [0.29, 0.717) is 17.9 Å². The number of rotatable bonds is 6. The summed E-state index contributed by atoms with van der Waals surface area (Å²) >= 11 is 0. The van der Waals surface area contributed by atoms with Gasteiger partial charge in [0.2, 0.25) is 0 Å². The van der Waals surface area contributed by atoms with E-state index in [1.54, 1.807) is 11.8 Å². The summed E-state index contributed by atoms with van der Waals surface area (Å²) in [5.74, 6) is -0.399. The third kappa shape index (κ3) is 4.15. The number of benzene rings is 2. The molecule has 0 bridgehead atoms. The topological polar surface area (TPSA) is 62.4 Å². The van der Waals surface area contributed by atoms with Crippen molar-refractivity contribution in [2.45, 2.75) is 40.7 Å². The Bertz CT molecular complexity index is 1030. The molecule has 1 N–H and O–H groups in total. The minimum absolute atomic E-state index is 0.0286. The van der Waals surface area contributed by atoms with Crippen LogP contribution < -0.4 is 4.90 Å². The zero-order chi connectivity index (χ0) is 21.8. The molecule has 0 aliphatic heterocycles. The minimum atomic E-state index is -0.355. The molecule has 0 aliphatic rings. The number of H-pyrrole nitrogens is 1. The van der Waals surface area contributed by atoms with Crippen molar-refractivity contribution in [1.82, 2.24) is 4.98 Å². The summed E-state index contributed by atoms with van der Waals surface area (Å²) in [7, 11) is 0. The molecular weight excluding hydrogens is 376 g/mol. The highest BCUT2D eigenvalue weighted by Gasteiger charge is 2.22. The highest BCUT2D eigenvalue weighted by molar-refractivity contribution is 6.06. The number of nitrogens with zero attached hydrogens (tertiary/aromatic N) is 1. The number of amides is 1. The fraction of sp³-hybridized carbons (Fsp3) is 0.280. The lowest BCUT2D eigenvalue weighted by molar-refractivity contribution is 0.0519. The van der Waals surface area contributed by atoms with Crippen LogP contribution in [-0.2, 0) is 4.74 Å². The van der Waals surface area contributed by atoms with Gasteiger partial charge in [-0.25, -0.2) is 4.79 Å². The number of ether oxygens (including phenoxy) is 1.